The Bertz CT molecular complexity index is 1010. The smallest absolute Gasteiger partial charge is 0.251 e. The summed E-state index contributed by atoms with van der Waals surface area (Å²) in [7, 11) is 1.78. The lowest BCUT2D eigenvalue weighted by molar-refractivity contribution is -0.120. The van der Waals surface area contributed by atoms with Gasteiger partial charge in [0.1, 0.15) is 17.7 Å². The summed E-state index contributed by atoms with van der Waals surface area (Å²) in [6.45, 7) is -0.248. The molecule has 0 saturated carbocycles. The van der Waals surface area contributed by atoms with E-state index in [1.807, 2.05) is 0 Å². The minimum Gasteiger partial charge on any atom is -0.343 e. The van der Waals surface area contributed by atoms with Crippen LogP contribution in [0.1, 0.15) is 27.8 Å². The molecule has 0 aliphatic carbocycles. The minimum absolute atomic E-state index is 0.248. The van der Waals surface area contributed by atoms with Gasteiger partial charge < -0.3 is 15.2 Å². The molecule has 0 fully saturated rings. The number of benzene rings is 2. The van der Waals surface area contributed by atoms with Crippen LogP contribution in [-0.2, 0) is 11.8 Å². The molecule has 0 spiro atoms. The summed E-state index contributed by atoms with van der Waals surface area (Å²) in [5.74, 6) is -0.732. The van der Waals surface area contributed by atoms with Gasteiger partial charge >= 0.3 is 0 Å². The van der Waals surface area contributed by atoms with Crippen molar-refractivity contribution < 1.29 is 14.0 Å². The number of carbonyl (C=O) groups excluding carboxylic acids is 2. The normalized spacial score (nSPS) is 11.7. The van der Waals surface area contributed by atoms with Crippen LogP contribution < -0.4 is 10.6 Å². The molecule has 3 rings (SSSR count). The molecule has 1 aromatic heterocycles. The van der Waals surface area contributed by atoms with E-state index in [0.29, 0.717) is 22.0 Å². The Morgan fingerprint density at radius 1 is 1.21 bits per heavy atom. The van der Waals surface area contributed by atoms with E-state index < -0.39 is 23.7 Å². The topological polar surface area (TPSA) is 76.0 Å². The molecule has 2 aromatic carbocycles. The van der Waals surface area contributed by atoms with Gasteiger partial charge in [-0.1, -0.05) is 29.8 Å². The fraction of sp³-hybridized carbons (Fsp3) is 0.150. The van der Waals surface area contributed by atoms with E-state index in [2.05, 4.69) is 15.6 Å². The zero-order chi connectivity index (χ0) is 20.1. The summed E-state index contributed by atoms with van der Waals surface area (Å²) < 4.78 is 15.4. The second kappa shape index (κ2) is 8.67. The second-order valence-corrected chi connectivity index (χ2v) is 6.58. The van der Waals surface area contributed by atoms with Crippen LogP contribution in [0.2, 0.25) is 5.02 Å². The first-order valence-corrected chi connectivity index (χ1v) is 8.87. The number of nitrogens with zero attached hydrogens (tertiary/aromatic N) is 2. The Labute approximate surface area is 166 Å². The molecule has 3 aromatic rings. The van der Waals surface area contributed by atoms with Gasteiger partial charge in [-0.05, 0) is 35.9 Å². The first-order chi connectivity index (χ1) is 13.4. The molecule has 1 unspecified atom stereocenters. The van der Waals surface area contributed by atoms with E-state index in [1.165, 1.54) is 18.2 Å². The Balaban J connectivity index is 1.71. The molecule has 0 aliphatic rings. The molecule has 8 heteroatoms. The van der Waals surface area contributed by atoms with Gasteiger partial charge in [0.05, 0.1) is 6.54 Å². The fourth-order valence-corrected chi connectivity index (χ4v) is 2.93. The van der Waals surface area contributed by atoms with Crippen LogP contribution in [0.15, 0.2) is 60.9 Å². The molecule has 144 valence electrons. The maximum atomic E-state index is 13.7. The Morgan fingerprint density at radius 3 is 2.68 bits per heavy atom. The second-order valence-electron chi connectivity index (χ2n) is 6.14. The number of carbonyl (C=O) groups is 2. The van der Waals surface area contributed by atoms with Gasteiger partial charge in [-0.2, -0.15) is 0 Å². The lowest BCUT2D eigenvalue weighted by atomic mass is 10.1. The van der Waals surface area contributed by atoms with Crippen molar-refractivity contribution in [2.45, 2.75) is 6.04 Å². The summed E-state index contributed by atoms with van der Waals surface area (Å²) >= 11 is 5.87. The first-order valence-electron chi connectivity index (χ1n) is 8.50. The number of hydrogen-bond acceptors (Lipinski definition) is 3. The lowest BCUT2D eigenvalue weighted by Crippen LogP contribution is -2.39. The van der Waals surface area contributed by atoms with Gasteiger partial charge in [-0.15, -0.1) is 0 Å². The minimum atomic E-state index is -0.661. The van der Waals surface area contributed by atoms with Crippen molar-refractivity contribution in [3.05, 3.63) is 88.7 Å². The van der Waals surface area contributed by atoms with Crippen LogP contribution >= 0.6 is 11.6 Å². The Hall–Kier alpha value is -3.19. The van der Waals surface area contributed by atoms with Crippen molar-refractivity contribution in [3.8, 4) is 0 Å². The highest BCUT2D eigenvalue weighted by Gasteiger charge is 2.21. The zero-order valence-corrected chi connectivity index (χ0v) is 15.8. The number of halogens is 2. The number of nitrogens with one attached hydrogen (secondary N) is 2. The van der Waals surface area contributed by atoms with Gasteiger partial charge in [0.25, 0.3) is 5.91 Å². The highest BCUT2D eigenvalue weighted by atomic mass is 35.5. The predicted molar refractivity (Wildman–Crippen MR) is 103 cm³/mol. The van der Waals surface area contributed by atoms with Crippen LogP contribution in [0.5, 0.6) is 0 Å². The first kappa shape index (κ1) is 19.6. The Morgan fingerprint density at radius 2 is 2.00 bits per heavy atom. The molecule has 0 radical (unpaired) electrons. The van der Waals surface area contributed by atoms with E-state index in [0.717, 1.165) is 0 Å². The summed E-state index contributed by atoms with van der Waals surface area (Å²) in [5.41, 5.74) is 0.898. The monoisotopic (exact) mass is 400 g/mol. The van der Waals surface area contributed by atoms with Crippen LogP contribution in [0.25, 0.3) is 0 Å². The molecule has 28 heavy (non-hydrogen) atoms. The zero-order valence-electron chi connectivity index (χ0n) is 15.0. The highest BCUT2D eigenvalue weighted by Crippen LogP contribution is 2.21. The lowest BCUT2D eigenvalue weighted by Gasteiger charge is -2.19. The molecule has 1 atom stereocenters. The molecule has 0 bridgehead atoms. The fourth-order valence-electron chi connectivity index (χ4n) is 2.74. The van der Waals surface area contributed by atoms with E-state index >= 15 is 0 Å². The van der Waals surface area contributed by atoms with Crippen molar-refractivity contribution >= 4 is 23.4 Å². The number of imidazole rings is 1. The molecular weight excluding hydrogens is 383 g/mol. The van der Waals surface area contributed by atoms with Crippen LogP contribution in [0.3, 0.4) is 0 Å². The molecular formula is C20H18ClFN4O2. The van der Waals surface area contributed by atoms with E-state index in [9.17, 15) is 14.0 Å². The third kappa shape index (κ3) is 4.75. The van der Waals surface area contributed by atoms with Gasteiger partial charge in [-0.3, -0.25) is 9.59 Å². The third-order valence-electron chi connectivity index (χ3n) is 4.10. The molecule has 1 heterocycles. The Kier molecular flexibility index (Phi) is 6.06. The van der Waals surface area contributed by atoms with Crippen LogP contribution in [0, 0.1) is 5.82 Å². The number of hydrogen-bond donors (Lipinski definition) is 2. The molecule has 2 N–H and O–H groups in total. The van der Waals surface area contributed by atoms with E-state index in [-0.39, 0.29) is 6.54 Å². The van der Waals surface area contributed by atoms with Crippen molar-refractivity contribution in [1.29, 1.82) is 0 Å². The summed E-state index contributed by atoms with van der Waals surface area (Å²) in [6.07, 6.45) is 3.32. The van der Waals surface area contributed by atoms with Gasteiger partial charge in [0, 0.05) is 30.0 Å². The number of aromatic nitrogens is 2. The van der Waals surface area contributed by atoms with Crippen molar-refractivity contribution in [3.63, 3.8) is 0 Å². The number of aryl methyl sites for hydroxylation is 1. The molecule has 6 nitrogen and oxygen atoms in total. The van der Waals surface area contributed by atoms with Gasteiger partial charge in [-0.25, -0.2) is 9.37 Å². The molecule has 2 amide bonds. The average molecular weight is 401 g/mol. The largest absolute Gasteiger partial charge is 0.343 e. The average Bonchev–Trinajstić information content (AvgIpc) is 3.09. The molecule has 0 saturated heterocycles. The summed E-state index contributed by atoms with van der Waals surface area (Å²) in [5, 5.41) is 5.76. The van der Waals surface area contributed by atoms with Crippen LogP contribution in [0.4, 0.5) is 4.39 Å². The number of amides is 2. The predicted octanol–water partition coefficient (Wildman–Crippen LogP) is 2.85. The van der Waals surface area contributed by atoms with E-state index in [1.54, 1.807) is 54.3 Å². The SMILES string of the molecule is Cn1ccnc1C(NC(=O)CNC(=O)c1cccc(Cl)c1)c1cccc(F)c1. The quantitative estimate of drug-likeness (QED) is 0.668. The summed E-state index contributed by atoms with van der Waals surface area (Å²) in [4.78, 5) is 28.9. The maximum Gasteiger partial charge on any atom is 0.251 e. The number of rotatable bonds is 6. The third-order valence-corrected chi connectivity index (χ3v) is 4.34. The van der Waals surface area contributed by atoms with Crippen molar-refractivity contribution in [2.24, 2.45) is 7.05 Å². The van der Waals surface area contributed by atoms with Gasteiger partial charge in [0.2, 0.25) is 5.91 Å². The molecule has 0 aliphatic heterocycles. The van der Waals surface area contributed by atoms with Crippen molar-refractivity contribution in [2.75, 3.05) is 6.54 Å². The summed E-state index contributed by atoms with van der Waals surface area (Å²) in [6, 6.07) is 11.7. The van der Waals surface area contributed by atoms with Gasteiger partial charge in [0.15, 0.2) is 0 Å². The maximum absolute atomic E-state index is 13.7. The standard InChI is InChI=1S/C20H18ClFN4O2/c1-26-9-8-23-19(26)18(13-4-3-7-16(22)11-13)25-17(27)12-24-20(28)14-5-2-6-15(21)10-14/h2-11,18H,12H2,1H3,(H,24,28)(H,25,27). The van der Waals surface area contributed by atoms with Crippen molar-refractivity contribution in [1.82, 2.24) is 20.2 Å². The highest BCUT2D eigenvalue weighted by molar-refractivity contribution is 6.30. The van der Waals surface area contributed by atoms with E-state index in [4.69, 9.17) is 11.6 Å². The van der Waals surface area contributed by atoms with Crippen LogP contribution in [-0.4, -0.2) is 27.9 Å².